The predicted molar refractivity (Wildman–Crippen MR) is 72.7 cm³/mol. The van der Waals surface area contributed by atoms with Crippen molar-refractivity contribution in [1.29, 1.82) is 0 Å². The van der Waals surface area contributed by atoms with Crippen molar-refractivity contribution in [3.05, 3.63) is 35.4 Å². The van der Waals surface area contributed by atoms with Crippen LogP contribution in [0.5, 0.6) is 0 Å². The molecule has 1 heterocycles. The third-order valence-corrected chi connectivity index (χ3v) is 4.11. The molecular weight excluding hydrogens is 240 g/mol. The van der Waals surface area contributed by atoms with Gasteiger partial charge in [-0.3, -0.25) is 4.79 Å². The van der Waals surface area contributed by atoms with E-state index in [4.69, 9.17) is 0 Å². The molecule has 3 atom stereocenters. The maximum absolute atomic E-state index is 12.0. The molecule has 1 unspecified atom stereocenters. The van der Waals surface area contributed by atoms with Gasteiger partial charge in [0.05, 0.1) is 12.1 Å². The molecule has 0 spiro atoms. The van der Waals surface area contributed by atoms with Crippen LogP contribution in [0.4, 0.5) is 0 Å². The fourth-order valence-corrected chi connectivity index (χ4v) is 3.13. The summed E-state index contributed by atoms with van der Waals surface area (Å²) in [5.74, 6) is 0.0279. The zero-order valence-electron chi connectivity index (χ0n) is 10.9. The van der Waals surface area contributed by atoms with Crippen molar-refractivity contribution >= 4 is 5.91 Å². The minimum Gasteiger partial charge on any atom is -0.390 e. The van der Waals surface area contributed by atoms with E-state index in [9.17, 15) is 9.90 Å². The number of carbonyl (C=O) groups is 1. The molecule has 1 saturated heterocycles. The number of nitrogens with one attached hydrogen (secondary N) is 2. The number of aliphatic hydroxyl groups excluding tert-OH is 1. The second-order valence-electron chi connectivity index (χ2n) is 5.51. The zero-order chi connectivity index (χ0) is 13.2. The lowest BCUT2D eigenvalue weighted by Crippen LogP contribution is -2.37. The maximum atomic E-state index is 12.0. The van der Waals surface area contributed by atoms with Gasteiger partial charge in [-0.15, -0.1) is 0 Å². The van der Waals surface area contributed by atoms with Crippen molar-refractivity contribution in [1.82, 2.24) is 10.6 Å². The number of fused-ring (bicyclic) bond motifs is 1. The number of hydrogen-bond donors (Lipinski definition) is 3. The molecule has 1 amide bonds. The molecule has 0 radical (unpaired) electrons. The van der Waals surface area contributed by atoms with Crippen LogP contribution < -0.4 is 10.6 Å². The fraction of sp³-hybridized carbons (Fsp3) is 0.533. The van der Waals surface area contributed by atoms with Gasteiger partial charge in [0, 0.05) is 18.9 Å². The van der Waals surface area contributed by atoms with E-state index in [-0.39, 0.29) is 11.9 Å². The predicted octanol–water partition coefficient (Wildman–Crippen LogP) is 0.903. The minimum absolute atomic E-state index is 0.0279. The first kappa shape index (κ1) is 12.6. The van der Waals surface area contributed by atoms with Gasteiger partial charge in [-0.2, -0.15) is 0 Å². The topological polar surface area (TPSA) is 61.4 Å². The second kappa shape index (κ2) is 5.31. The van der Waals surface area contributed by atoms with Crippen LogP contribution in [-0.2, 0) is 11.2 Å². The van der Waals surface area contributed by atoms with Crippen molar-refractivity contribution in [3.8, 4) is 0 Å². The largest absolute Gasteiger partial charge is 0.390 e. The molecule has 1 fully saturated rings. The Morgan fingerprint density at radius 2 is 2.26 bits per heavy atom. The zero-order valence-corrected chi connectivity index (χ0v) is 10.9. The van der Waals surface area contributed by atoms with Crippen LogP contribution in [0.15, 0.2) is 24.3 Å². The Bertz CT molecular complexity index is 469. The van der Waals surface area contributed by atoms with Gasteiger partial charge < -0.3 is 15.7 Å². The SMILES string of the molecule is O=C(CC1CCCN1)N[C@@H]1c2ccccc2C[C@@H]1O. The molecular formula is C15H20N2O2. The third kappa shape index (κ3) is 2.65. The van der Waals surface area contributed by atoms with E-state index in [1.807, 2.05) is 24.3 Å². The lowest BCUT2D eigenvalue weighted by Gasteiger charge is -2.19. The van der Waals surface area contributed by atoms with Crippen molar-refractivity contribution in [2.75, 3.05) is 6.54 Å². The lowest BCUT2D eigenvalue weighted by atomic mass is 10.1. The average molecular weight is 260 g/mol. The van der Waals surface area contributed by atoms with Gasteiger partial charge in [-0.25, -0.2) is 0 Å². The van der Waals surface area contributed by atoms with E-state index in [1.165, 1.54) is 0 Å². The molecule has 0 saturated carbocycles. The number of carbonyl (C=O) groups excluding carboxylic acids is 1. The van der Waals surface area contributed by atoms with Gasteiger partial charge in [0.25, 0.3) is 0 Å². The summed E-state index contributed by atoms with van der Waals surface area (Å²) < 4.78 is 0. The molecule has 4 heteroatoms. The molecule has 19 heavy (non-hydrogen) atoms. The molecule has 3 rings (SSSR count). The molecule has 0 aromatic heterocycles. The van der Waals surface area contributed by atoms with Gasteiger partial charge in [-0.1, -0.05) is 24.3 Å². The number of hydrogen-bond acceptors (Lipinski definition) is 3. The summed E-state index contributed by atoms with van der Waals surface area (Å²) in [5, 5.41) is 16.4. The summed E-state index contributed by atoms with van der Waals surface area (Å²) in [6.07, 6.45) is 2.84. The number of amides is 1. The molecule has 1 aromatic rings. The van der Waals surface area contributed by atoms with E-state index in [2.05, 4.69) is 10.6 Å². The molecule has 1 aromatic carbocycles. The number of benzene rings is 1. The van der Waals surface area contributed by atoms with Crippen molar-refractivity contribution in [2.45, 2.75) is 43.9 Å². The van der Waals surface area contributed by atoms with Crippen molar-refractivity contribution in [3.63, 3.8) is 0 Å². The van der Waals surface area contributed by atoms with Crippen molar-refractivity contribution in [2.24, 2.45) is 0 Å². The monoisotopic (exact) mass is 260 g/mol. The summed E-state index contributed by atoms with van der Waals surface area (Å²) in [5.41, 5.74) is 2.20. The van der Waals surface area contributed by atoms with E-state index in [0.717, 1.165) is 30.5 Å². The van der Waals surface area contributed by atoms with Crippen LogP contribution in [0, 0.1) is 0 Å². The molecule has 102 valence electrons. The van der Waals surface area contributed by atoms with Gasteiger partial charge in [0.2, 0.25) is 5.91 Å². The quantitative estimate of drug-likeness (QED) is 0.757. The highest BCUT2D eigenvalue weighted by molar-refractivity contribution is 5.77. The highest BCUT2D eigenvalue weighted by Gasteiger charge is 2.32. The standard InChI is InChI=1S/C15H20N2O2/c18-13-8-10-4-1-2-6-12(10)15(13)17-14(19)9-11-5-3-7-16-11/h1-2,4,6,11,13,15-16,18H,3,5,7-9H2,(H,17,19)/t11?,13-,15+/m0/s1. The van der Waals surface area contributed by atoms with Crippen LogP contribution in [0.2, 0.25) is 0 Å². The van der Waals surface area contributed by atoms with Gasteiger partial charge >= 0.3 is 0 Å². The summed E-state index contributed by atoms with van der Waals surface area (Å²) in [6.45, 7) is 1.01. The Morgan fingerprint density at radius 1 is 1.42 bits per heavy atom. The Balaban J connectivity index is 1.64. The molecule has 1 aliphatic carbocycles. The second-order valence-corrected chi connectivity index (χ2v) is 5.51. The van der Waals surface area contributed by atoms with E-state index in [1.54, 1.807) is 0 Å². The molecule has 0 bridgehead atoms. The van der Waals surface area contributed by atoms with Crippen LogP contribution >= 0.6 is 0 Å². The molecule has 4 nitrogen and oxygen atoms in total. The first-order valence-corrected chi connectivity index (χ1v) is 7.02. The van der Waals surface area contributed by atoms with Gasteiger partial charge in [0.15, 0.2) is 0 Å². The summed E-state index contributed by atoms with van der Waals surface area (Å²) >= 11 is 0. The first-order chi connectivity index (χ1) is 9.24. The summed E-state index contributed by atoms with van der Waals surface area (Å²) in [7, 11) is 0. The Labute approximate surface area is 113 Å². The van der Waals surface area contributed by atoms with Crippen LogP contribution in [0.3, 0.4) is 0 Å². The van der Waals surface area contributed by atoms with Gasteiger partial charge in [-0.05, 0) is 30.5 Å². The highest BCUT2D eigenvalue weighted by atomic mass is 16.3. The highest BCUT2D eigenvalue weighted by Crippen LogP contribution is 2.31. The Hall–Kier alpha value is -1.39. The van der Waals surface area contributed by atoms with E-state index < -0.39 is 6.10 Å². The van der Waals surface area contributed by atoms with E-state index in [0.29, 0.717) is 18.9 Å². The maximum Gasteiger partial charge on any atom is 0.222 e. The summed E-state index contributed by atoms with van der Waals surface area (Å²) in [6, 6.07) is 7.99. The van der Waals surface area contributed by atoms with Crippen LogP contribution in [-0.4, -0.2) is 29.7 Å². The molecule has 3 N–H and O–H groups in total. The minimum atomic E-state index is -0.502. The Morgan fingerprint density at radius 3 is 3.05 bits per heavy atom. The summed E-state index contributed by atoms with van der Waals surface area (Å²) in [4.78, 5) is 12.0. The Kier molecular flexibility index (Phi) is 3.53. The van der Waals surface area contributed by atoms with Gasteiger partial charge in [0.1, 0.15) is 0 Å². The van der Waals surface area contributed by atoms with Crippen LogP contribution in [0.25, 0.3) is 0 Å². The van der Waals surface area contributed by atoms with Crippen molar-refractivity contribution < 1.29 is 9.90 Å². The normalized spacial score (nSPS) is 29.2. The average Bonchev–Trinajstić information content (AvgIpc) is 2.99. The number of aliphatic hydroxyl groups is 1. The van der Waals surface area contributed by atoms with E-state index >= 15 is 0 Å². The lowest BCUT2D eigenvalue weighted by molar-refractivity contribution is -0.123. The smallest absolute Gasteiger partial charge is 0.222 e. The first-order valence-electron chi connectivity index (χ1n) is 7.02. The fourth-order valence-electron chi connectivity index (χ4n) is 3.13. The van der Waals surface area contributed by atoms with Crippen LogP contribution in [0.1, 0.15) is 36.4 Å². The molecule has 2 aliphatic rings. The number of rotatable bonds is 3. The molecule has 1 aliphatic heterocycles. The third-order valence-electron chi connectivity index (χ3n) is 4.11.